The first kappa shape index (κ1) is 11.3. The van der Waals surface area contributed by atoms with Gasteiger partial charge in [0.05, 0.1) is 0 Å². The Morgan fingerprint density at radius 2 is 2.11 bits per heavy atom. The second-order valence-corrected chi connectivity index (χ2v) is 5.21. The van der Waals surface area contributed by atoms with Crippen LogP contribution >= 0.6 is 15.9 Å². The lowest BCUT2D eigenvalue weighted by Crippen LogP contribution is -1.89. The Morgan fingerprint density at radius 1 is 1.33 bits per heavy atom. The Balaban J connectivity index is 2.40. The van der Waals surface area contributed by atoms with Crippen molar-refractivity contribution >= 4 is 32.7 Å². The van der Waals surface area contributed by atoms with Gasteiger partial charge in [-0.15, -0.1) is 0 Å². The molecule has 0 fully saturated rings. The standard InChI is InChI=1S/C13H12BrN3O/c1-7-13(11-6-12(15)16-18-11)9-5-8(14)3-4-10(9)17(7)2/h3-6H,1-2H3,(H2,15,16). The number of nitrogen functional groups attached to an aromatic ring is 1. The monoisotopic (exact) mass is 305 g/mol. The van der Waals surface area contributed by atoms with Gasteiger partial charge in [0.15, 0.2) is 11.6 Å². The van der Waals surface area contributed by atoms with Gasteiger partial charge in [0, 0.05) is 39.7 Å². The summed E-state index contributed by atoms with van der Waals surface area (Å²) in [5.74, 6) is 1.10. The Morgan fingerprint density at radius 3 is 2.78 bits per heavy atom. The van der Waals surface area contributed by atoms with Crippen molar-refractivity contribution in [2.75, 3.05) is 5.73 Å². The number of nitrogens with two attached hydrogens (primary N) is 1. The maximum atomic E-state index is 5.63. The van der Waals surface area contributed by atoms with Crippen molar-refractivity contribution < 1.29 is 4.52 Å². The molecular weight excluding hydrogens is 294 g/mol. The van der Waals surface area contributed by atoms with E-state index in [1.807, 2.05) is 13.1 Å². The summed E-state index contributed by atoms with van der Waals surface area (Å²) in [5.41, 5.74) is 8.94. The highest BCUT2D eigenvalue weighted by Crippen LogP contribution is 2.35. The summed E-state index contributed by atoms with van der Waals surface area (Å²) in [7, 11) is 2.04. The zero-order valence-corrected chi connectivity index (χ0v) is 11.7. The van der Waals surface area contributed by atoms with Crippen molar-refractivity contribution in [2.45, 2.75) is 6.92 Å². The lowest BCUT2D eigenvalue weighted by atomic mass is 10.1. The van der Waals surface area contributed by atoms with E-state index in [0.717, 1.165) is 26.6 Å². The maximum absolute atomic E-state index is 5.63. The fourth-order valence-electron chi connectivity index (χ4n) is 2.26. The van der Waals surface area contributed by atoms with E-state index in [4.69, 9.17) is 10.3 Å². The molecule has 0 radical (unpaired) electrons. The second kappa shape index (κ2) is 3.88. The van der Waals surface area contributed by atoms with Crippen molar-refractivity contribution in [2.24, 2.45) is 7.05 Å². The minimum absolute atomic E-state index is 0.399. The molecule has 5 heteroatoms. The number of fused-ring (bicyclic) bond motifs is 1. The molecule has 0 spiro atoms. The highest BCUT2D eigenvalue weighted by molar-refractivity contribution is 9.10. The normalized spacial score (nSPS) is 11.3. The molecule has 1 aromatic carbocycles. The number of aryl methyl sites for hydroxylation is 1. The summed E-state index contributed by atoms with van der Waals surface area (Å²) in [6.07, 6.45) is 0. The Kier molecular flexibility index (Phi) is 2.45. The fourth-order valence-corrected chi connectivity index (χ4v) is 2.62. The lowest BCUT2D eigenvalue weighted by Gasteiger charge is -1.98. The van der Waals surface area contributed by atoms with Crippen molar-refractivity contribution in [3.05, 3.63) is 34.4 Å². The van der Waals surface area contributed by atoms with Crippen LogP contribution in [0.4, 0.5) is 5.82 Å². The average molecular weight is 306 g/mol. The quantitative estimate of drug-likeness (QED) is 0.749. The van der Waals surface area contributed by atoms with E-state index in [-0.39, 0.29) is 0 Å². The number of benzene rings is 1. The number of anilines is 1. The molecule has 3 rings (SSSR count). The van der Waals surface area contributed by atoms with Gasteiger partial charge in [-0.2, -0.15) is 0 Å². The van der Waals surface area contributed by atoms with Gasteiger partial charge in [0.25, 0.3) is 0 Å². The average Bonchev–Trinajstić information content (AvgIpc) is 2.84. The SMILES string of the molecule is Cc1c(-c2cc(N)no2)c2cc(Br)ccc2n1C. The third kappa shape index (κ3) is 1.54. The van der Waals surface area contributed by atoms with E-state index in [1.165, 1.54) is 0 Å². The smallest absolute Gasteiger partial charge is 0.171 e. The molecule has 0 unspecified atom stereocenters. The molecule has 0 saturated carbocycles. The Labute approximate surface area is 112 Å². The van der Waals surface area contributed by atoms with Gasteiger partial charge < -0.3 is 14.8 Å². The Bertz CT molecular complexity index is 742. The van der Waals surface area contributed by atoms with Crippen LogP contribution in [0.3, 0.4) is 0 Å². The zero-order valence-electron chi connectivity index (χ0n) is 10.1. The van der Waals surface area contributed by atoms with Crippen molar-refractivity contribution in [3.63, 3.8) is 0 Å². The molecule has 3 aromatic rings. The third-order valence-corrected chi connectivity index (χ3v) is 3.72. The molecule has 4 nitrogen and oxygen atoms in total. The Hall–Kier alpha value is -1.75. The predicted octanol–water partition coefficient (Wildman–Crippen LogP) is 3.49. The molecule has 18 heavy (non-hydrogen) atoms. The van der Waals surface area contributed by atoms with Crippen molar-refractivity contribution in [1.29, 1.82) is 0 Å². The van der Waals surface area contributed by atoms with Gasteiger partial charge in [-0.25, -0.2) is 0 Å². The summed E-state index contributed by atoms with van der Waals surface area (Å²) in [6, 6.07) is 7.94. The molecule has 0 bridgehead atoms. The van der Waals surface area contributed by atoms with Crippen LogP contribution in [0.2, 0.25) is 0 Å². The summed E-state index contributed by atoms with van der Waals surface area (Å²) >= 11 is 3.50. The van der Waals surface area contributed by atoms with Gasteiger partial charge in [0.2, 0.25) is 0 Å². The topological polar surface area (TPSA) is 57.0 Å². The molecule has 0 amide bonds. The summed E-state index contributed by atoms with van der Waals surface area (Å²) < 4.78 is 8.46. The van der Waals surface area contributed by atoms with Gasteiger partial charge >= 0.3 is 0 Å². The van der Waals surface area contributed by atoms with Gasteiger partial charge in [-0.3, -0.25) is 0 Å². The molecule has 0 aliphatic rings. The highest BCUT2D eigenvalue weighted by Gasteiger charge is 2.17. The lowest BCUT2D eigenvalue weighted by molar-refractivity contribution is 0.436. The van der Waals surface area contributed by atoms with Crippen LogP contribution in [0, 0.1) is 6.92 Å². The highest BCUT2D eigenvalue weighted by atomic mass is 79.9. The second-order valence-electron chi connectivity index (χ2n) is 4.30. The molecular formula is C13H12BrN3O. The van der Waals surface area contributed by atoms with E-state index in [9.17, 15) is 0 Å². The molecule has 0 atom stereocenters. The van der Waals surface area contributed by atoms with Crippen LogP contribution in [-0.2, 0) is 7.05 Å². The fraction of sp³-hybridized carbons (Fsp3) is 0.154. The minimum atomic E-state index is 0.399. The first-order valence-corrected chi connectivity index (χ1v) is 6.34. The van der Waals surface area contributed by atoms with Crippen molar-refractivity contribution in [1.82, 2.24) is 9.72 Å². The molecule has 0 aliphatic carbocycles. The van der Waals surface area contributed by atoms with Crippen LogP contribution in [0.15, 0.2) is 33.3 Å². The molecule has 2 heterocycles. The number of hydrogen-bond acceptors (Lipinski definition) is 3. The van der Waals surface area contributed by atoms with Crippen LogP contribution in [0.25, 0.3) is 22.2 Å². The number of halogens is 1. The number of hydrogen-bond donors (Lipinski definition) is 1. The first-order valence-electron chi connectivity index (χ1n) is 5.55. The third-order valence-electron chi connectivity index (χ3n) is 3.23. The summed E-state index contributed by atoms with van der Waals surface area (Å²) in [5, 5.41) is 4.88. The maximum Gasteiger partial charge on any atom is 0.171 e. The molecule has 2 aromatic heterocycles. The molecule has 2 N–H and O–H groups in total. The number of nitrogens with zero attached hydrogens (tertiary/aromatic N) is 2. The first-order chi connectivity index (χ1) is 8.58. The molecule has 0 aliphatic heterocycles. The zero-order chi connectivity index (χ0) is 12.9. The van der Waals surface area contributed by atoms with Crippen LogP contribution in [-0.4, -0.2) is 9.72 Å². The van der Waals surface area contributed by atoms with Gasteiger partial charge in [-0.05, 0) is 25.1 Å². The van der Waals surface area contributed by atoms with E-state index in [0.29, 0.717) is 11.6 Å². The van der Waals surface area contributed by atoms with Gasteiger partial charge in [0.1, 0.15) is 0 Å². The van der Waals surface area contributed by atoms with E-state index in [2.05, 4.69) is 44.7 Å². The summed E-state index contributed by atoms with van der Waals surface area (Å²) in [4.78, 5) is 0. The van der Waals surface area contributed by atoms with Crippen molar-refractivity contribution in [3.8, 4) is 11.3 Å². The molecule has 0 saturated heterocycles. The summed E-state index contributed by atoms with van der Waals surface area (Å²) in [6.45, 7) is 2.06. The van der Waals surface area contributed by atoms with E-state index in [1.54, 1.807) is 6.07 Å². The van der Waals surface area contributed by atoms with Crippen LogP contribution in [0.5, 0.6) is 0 Å². The number of rotatable bonds is 1. The van der Waals surface area contributed by atoms with Gasteiger partial charge in [-0.1, -0.05) is 21.1 Å². The van der Waals surface area contributed by atoms with Crippen LogP contribution in [0.1, 0.15) is 5.69 Å². The molecule has 92 valence electrons. The minimum Gasteiger partial charge on any atom is -0.381 e. The predicted molar refractivity (Wildman–Crippen MR) is 75.3 cm³/mol. The largest absolute Gasteiger partial charge is 0.381 e. The van der Waals surface area contributed by atoms with Crippen LogP contribution < -0.4 is 5.73 Å². The number of aromatic nitrogens is 2. The van der Waals surface area contributed by atoms with E-state index >= 15 is 0 Å². The van der Waals surface area contributed by atoms with E-state index < -0.39 is 0 Å².